The molecule has 1 aliphatic rings. The number of nitrogens with zero attached hydrogens (tertiary/aromatic N) is 4. The molecule has 6 nitrogen and oxygen atoms in total. The first kappa shape index (κ1) is 19.0. The maximum atomic E-state index is 12.4. The third-order valence-electron chi connectivity index (χ3n) is 5.23. The van der Waals surface area contributed by atoms with Crippen LogP contribution in [-0.4, -0.2) is 60.0 Å². The summed E-state index contributed by atoms with van der Waals surface area (Å²) in [6, 6.07) is 2.03. The molecule has 1 fully saturated rings. The summed E-state index contributed by atoms with van der Waals surface area (Å²) in [7, 11) is 0. The van der Waals surface area contributed by atoms with Crippen LogP contribution in [0.1, 0.15) is 33.1 Å². The van der Waals surface area contributed by atoms with E-state index in [-0.39, 0.29) is 11.8 Å². The van der Waals surface area contributed by atoms with Crippen molar-refractivity contribution in [1.29, 1.82) is 0 Å². The molecule has 0 radical (unpaired) electrons. The fourth-order valence-corrected chi connectivity index (χ4v) is 4.41. The van der Waals surface area contributed by atoms with E-state index in [1.54, 1.807) is 17.7 Å². The van der Waals surface area contributed by atoms with Gasteiger partial charge in [-0.1, -0.05) is 13.8 Å². The Morgan fingerprint density at radius 1 is 1.31 bits per heavy atom. The molecular weight excluding hydrogens is 346 g/mol. The van der Waals surface area contributed by atoms with Crippen LogP contribution < -0.4 is 10.2 Å². The zero-order valence-corrected chi connectivity index (χ0v) is 16.6. The summed E-state index contributed by atoms with van der Waals surface area (Å²) in [5.41, 5.74) is 1.01. The maximum Gasteiger partial charge on any atom is 0.223 e. The average molecular weight is 376 g/mol. The Labute approximate surface area is 159 Å². The monoisotopic (exact) mass is 375 g/mol. The lowest BCUT2D eigenvalue weighted by molar-refractivity contribution is -0.125. The summed E-state index contributed by atoms with van der Waals surface area (Å²) in [5, 5.41) is 5.19. The van der Waals surface area contributed by atoms with Crippen molar-refractivity contribution in [2.45, 2.75) is 33.1 Å². The van der Waals surface area contributed by atoms with Crippen LogP contribution in [0.15, 0.2) is 17.8 Å². The number of amides is 1. The highest BCUT2D eigenvalue weighted by atomic mass is 32.1. The van der Waals surface area contributed by atoms with Gasteiger partial charge in [0.15, 0.2) is 0 Å². The molecule has 1 amide bonds. The standard InChI is InChI=1S/C19H29N5OS/c1-3-23(4-2)10-5-9-20-19(25)15-6-11-24(12-7-15)18-17-16(8-13-26-17)21-14-22-18/h8,13-15H,3-7,9-12H2,1-2H3,(H,20,25). The highest BCUT2D eigenvalue weighted by molar-refractivity contribution is 7.17. The van der Waals surface area contributed by atoms with E-state index in [1.807, 2.05) is 6.07 Å². The molecule has 7 heteroatoms. The van der Waals surface area contributed by atoms with E-state index < -0.39 is 0 Å². The Morgan fingerprint density at radius 3 is 2.81 bits per heavy atom. The van der Waals surface area contributed by atoms with E-state index >= 15 is 0 Å². The lowest BCUT2D eigenvalue weighted by Crippen LogP contribution is -2.41. The summed E-state index contributed by atoms with van der Waals surface area (Å²) in [6.45, 7) is 10.1. The SMILES string of the molecule is CCN(CC)CCCNC(=O)C1CCN(c2ncnc3ccsc23)CC1. The summed E-state index contributed by atoms with van der Waals surface area (Å²) in [6.07, 6.45) is 4.43. The molecule has 0 bridgehead atoms. The highest BCUT2D eigenvalue weighted by Gasteiger charge is 2.26. The van der Waals surface area contributed by atoms with E-state index in [0.29, 0.717) is 0 Å². The average Bonchev–Trinajstić information content (AvgIpc) is 3.17. The summed E-state index contributed by atoms with van der Waals surface area (Å²) >= 11 is 1.68. The Balaban J connectivity index is 1.45. The van der Waals surface area contributed by atoms with Crippen LogP contribution in [0.3, 0.4) is 0 Å². The van der Waals surface area contributed by atoms with Crippen LogP contribution in [0.25, 0.3) is 10.2 Å². The number of aromatic nitrogens is 2. The van der Waals surface area contributed by atoms with E-state index in [0.717, 1.165) is 74.6 Å². The van der Waals surface area contributed by atoms with Gasteiger partial charge in [-0.2, -0.15) is 0 Å². The molecule has 1 aliphatic heterocycles. The van der Waals surface area contributed by atoms with Gasteiger partial charge in [-0.25, -0.2) is 9.97 Å². The van der Waals surface area contributed by atoms with Crippen molar-refractivity contribution in [2.24, 2.45) is 5.92 Å². The summed E-state index contributed by atoms with van der Waals surface area (Å²) < 4.78 is 1.15. The molecule has 2 aromatic heterocycles. The Hall–Kier alpha value is -1.73. The number of carbonyl (C=O) groups excluding carboxylic acids is 1. The number of hydrogen-bond donors (Lipinski definition) is 1. The quantitative estimate of drug-likeness (QED) is 0.719. The van der Waals surface area contributed by atoms with Gasteiger partial charge in [0.05, 0.1) is 10.2 Å². The van der Waals surface area contributed by atoms with Gasteiger partial charge in [0.25, 0.3) is 0 Å². The molecule has 0 unspecified atom stereocenters. The first-order valence-electron chi connectivity index (χ1n) is 9.66. The minimum Gasteiger partial charge on any atom is -0.356 e. The molecule has 2 aromatic rings. The lowest BCUT2D eigenvalue weighted by Gasteiger charge is -2.32. The second-order valence-electron chi connectivity index (χ2n) is 6.77. The van der Waals surface area contributed by atoms with Crippen molar-refractivity contribution in [1.82, 2.24) is 20.2 Å². The Bertz CT molecular complexity index is 707. The van der Waals surface area contributed by atoms with Crippen molar-refractivity contribution >= 4 is 33.3 Å². The number of fused-ring (bicyclic) bond motifs is 1. The van der Waals surface area contributed by atoms with Crippen LogP contribution in [0.4, 0.5) is 5.82 Å². The fraction of sp³-hybridized carbons (Fsp3) is 0.632. The van der Waals surface area contributed by atoms with Gasteiger partial charge in [0, 0.05) is 25.6 Å². The summed E-state index contributed by atoms with van der Waals surface area (Å²) in [4.78, 5) is 25.9. The molecule has 3 rings (SSSR count). The number of nitrogens with one attached hydrogen (secondary N) is 1. The van der Waals surface area contributed by atoms with Crippen molar-refractivity contribution in [3.05, 3.63) is 17.8 Å². The maximum absolute atomic E-state index is 12.4. The van der Waals surface area contributed by atoms with Crippen molar-refractivity contribution in [2.75, 3.05) is 44.2 Å². The molecule has 0 spiro atoms. The molecule has 3 heterocycles. The second-order valence-corrected chi connectivity index (χ2v) is 7.68. The van der Waals surface area contributed by atoms with Gasteiger partial charge in [0.2, 0.25) is 5.91 Å². The van der Waals surface area contributed by atoms with Gasteiger partial charge < -0.3 is 15.1 Å². The summed E-state index contributed by atoms with van der Waals surface area (Å²) in [5.74, 6) is 1.36. The van der Waals surface area contributed by atoms with Crippen LogP contribution in [0.2, 0.25) is 0 Å². The normalized spacial score (nSPS) is 15.7. The van der Waals surface area contributed by atoms with Gasteiger partial charge in [-0.3, -0.25) is 4.79 Å². The lowest BCUT2D eigenvalue weighted by atomic mass is 9.96. The van der Waals surface area contributed by atoms with E-state index in [2.05, 4.69) is 44.3 Å². The van der Waals surface area contributed by atoms with Gasteiger partial charge in [0.1, 0.15) is 12.1 Å². The number of piperidine rings is 1. The molecule has 26 heavy (non-hydrogen) atoms. The molecule has 0 aliphatic carbocycles. The topological polar surface area (TPSA) is 61.4 Å². The molecule has 0 atom stereocenters. The molecule has 0 saturated carbocycles. The molecule has 142 valence electrons. The molecule has 1 N–H and O–H groups in total. The minimum atomic E-state index is 0.125. The Morgan fingerprint density at radius 2 is 2.08 bits per heavy atom. The first-order chi connectivity index (χ1) is 12.7. The fourth-order valence-electron chi connectivity index (χ4n) is 3.55. The van der Waals surface area contributed by atoms with Crippen molar-refractivity contribution < 1.29 is 4.79 Å². The van der Waals surface area contributed by atoms with E-state index in [1.165, 1.54) is 0 Å². The van der Waals surface area contributed by atoms with E-state index in [4.69, 9.17) is 0 Å². The number of anilines is 1. The predicted molar refractivity (Wildman–Crippen MR) is 108 cm³/mol. The van der Waals surface area contributed by atoms with Gasteiger partial charge in [-0.05, 0) is 50.3 Å². The molecular formula is C19H29N5OS. The minimum absolute atomic E-state index is 0.125. The smallest absolute Gasteiger partial charge is 0.223 e. The van der Waals surface area contributed by atoms with Crippen LogP contribution in [-0.2, 0) is 4.79 Å². The van der Waals surface area contributed by atoms with Crippen molar-refractivity contribution in [3.63, 3.8) is 0 Å². The first-order valence-corrected chi connectivity index (χ1v) is 10.5. The number of hydrogen-bond acceptors (Lipinski definition) is 6. The van der Waals surface area contributed by atoms with Crippen molar-refractivity contribution in [3.8, 4) is 0 Å². The molecule has 1 saturated heterocycles. The number of carbonyl (C=O) groups is 1. The Kier molecular flexibility index (Phi) is 6.80. The van der Waals surface area contributed by atoms with Gasteiger partial charge >= 0.3 is 0 Å². The zero-order valence-electron chi connectivity index (χ0n) is 15.8. The third kappa shape index (κ3) is 4.51. The van der Waals surface area contributed by atoms with Crippen LogP contribution in [0, 0.1) is 5.92 Å². The van der Waals surface area contributed by atoms with E-state index in [9.17, 15) is 4.79 Å². The van der Waals surface area contributed by atoms with Crippen LogP contribution in [0.5, 0.6) is 0 Å². The van der Waals surface area contributed by atoms with Crippen LogP contribution >= 0.6 is 11.3 Å². The molecule has 0 aromatic carbocycles. The highest BCUT2D eigenvalue weighted by Crippen LogP contribution is 2.30. The third-order valence-corrected chi connectivity index (χ3v) is 6.13. The number of rotatable bonds is 8. The number of thiophene rings is 1. The second kappa shape index (κ2) is 9.28. The van der Waals surface area contributed by atoms with Gasteiger partial charge in [-0.15, -0.1) is 11.3 Å². The predicted octanol–water partition coefficient (Wildman–Crippen LogP) is 2.76. The zero-order chi connectivity index (χ0) is 18.4. The largest absolute Gasteiger partial charge is 0.356 e.